The summed E-state index contributed by atoms with van der Waals surface area (Å²) in [7, 11) is -3.27. The molecule has 1 N–H and O–H groups in total. The van der Waals surface area contributed by atoms with E-state index in [-0.39, 0.29) is 47.9 Å². The normalized spacial score (nSPS) is 31.6. The van der Waals surface area contributed by atoms with Gasteiger partial charge in [-0.3, -0.25) is 4.79 Å². The lowest BCUT2D eigenvalue weighted by Crippen LogP contribution is -2.58. The molecule has 3 aliphatic carbocycles. The first-order valence-electron chi connectivity index (χ1n) is 10.5. The molecule has 4 aliphatic rings. The van der Waals surface area contributed by atoms with Crippen LogP contribution in [0.2, 0.25) is 0 Å². The molecule has 1 aromatic heterocycles. The fourth-order valence-electron chi connectivity index (χ4n) is 5.42. The Kier molecular flexibility index (Phi) is 5.26. The number of anilines is 1. The maximum absolute atomic E-state index is 13.7. The number of amides is 1. The first kappa shape index (κ1) is 22.3. The molecule has 4 atom stereocenters. The number of halogens is 3. The molecule has 172 valence electrons. The van der Waals surface area contributed by atoms with E-state index < -0.39 is 33.2 Å². The van der Waals surface area contributed by atoms with E-state index in [1.54, 1.807) is 0 Å². The van der Waals surface area contributed by atoms with Crippen LogP contribution in [0.15, 0.2) is 6.20 Å². The lowest BCUT2D eigenvalue weighted by molar-refractivity contribution is -0.141. The molecule has 1 saturated heterocycles. The number of hydrogen-bond acceptors (Lipinski definition) is 6. The summed E-state index contributed by atoms with van der Waals surface area (Å²) >= 11 is 0. The molecule has 2 heterocycles. The number of rotatable bonds is 3. The molecule has 0 unspecified atom stereocenters. The molecule has 5 rings (SSSR count). The van der Waals surface area contributed by atoms with Crippen LogP contribution < -0.4 is 5.32 Å². The highest BCUT2D eigenvalue weighted by atomic mass is 32.2. The van der Waals surface area contributed by atoms with E-state index >= 15 is 0 Å². The minimum atomic E-state index is -4.84. The minimum absolute atomic E-state index is 0.0216. The molecule has 0 radical (unpaired) electrons. The van der Waals surface area contributed by atoms with Gasteiger partial charge in [-0.05, 0) is 36.0 Å². The Morgan fingerprint density at radius 3 is 2.42 bits per heavy atom. The number of sulfone groups is 1. The highest BCUT2D eigenvalue weighted by molar-refractivity contribution is 7.91. The quantitative estimate of drug-likeness (QED) is 0.746. The van der Waals surface area contributed by atoms with E-state index in [1.807, 2.05) is 0 Å². The summed E-state index contributed by atoms with van der Waals surface area (Å²) in [5, 5.41) is 3.07. The minimum Gasteiger partial charge on any atom is -0.351 e. The molecule has 31 heavy (non-hydrogen) atoms. The standard InChI is InChI=1S/C20H27F3N4O3S/c1-11-14-8-12(19(14,2)3)9-15(11)25-18-24-10-13(16(26-18)20(21,22)23)17(28)27-4-6-31(29,30)7-5-27/h10-12,14-15H,4-9H2,1-3H3,(H,24,25,26)/t11-,12-,14+,15-/m1/s1. The fourth-order valence-corrected chi connectivity index (χ4v) is 6.62. The zero-order valence-electron chi connectivity index (χ0n) is 17.7. The maximum Gasteiger partial charge on any atom is 0.434 e. The Morgan fingerprint density at radius 1 is 1.23 bits per heavy atom. The van der Waals surface area contributed by atoms with Gasteiger partial charge in [-0.25, -0.2) is 18.4 Å². The van der Waals surface area contributed by atoms with Crippen molar-refractivity contribution in [1.82, 2.24) is 14.9 Å². The molecule has 1 aromatic rings. The van der Waals surface area contributed by atoms with Crippen molar-refractivity contribution in [1.29, 1.82) is 0 Å². The van der Waals surface area contributed by atoms with Gasteiger partial charge >= 0.3 is 6.18 Å². The van der Waals surface area contributed by atoms with Crippen molar-refractivity contribution in [2.45, 2.75) is 45.8 Å². The lowest BCUT2D eigenvalue weighted by Gasteiger charge is -2.62. The summed E-state index contributed by atoms with van der Waals surface area (Å²) in [4.78, 5) is 21.5. The maximum atomic E-state index is 13.7. The summed E-state index contributed by atoms with van der Waals surface area (Å²) in [6, 6.07) is -0.0216. The van der Waals surface area contributed by atoms with E-state index in [0.29, 0.717) is 11.8 Å². The Morgan fingerprint density at radius 2 is 1.87 bits per heavy atom. The second kappa shape index (κ2) is 7.31. The van der Waals surface area contributed by atoms with Crippen molar-refractivity contribution < 1.29 is 26.4 Å². The van der Waals surface area contributed by atoms with Crippen LogP contribution in [0.3, 0.4) is 0 Å². The molecular formula is C20H27F3N4O3S. The zero-order valence-corrected chi connectivity index (χ0v) is 18.6. The molecule has 4 fully saturated rings. The van der Waals surface area contributed by atoms with Crippen LogP contribution in [0.1, 0.15) is 49.7 Å². The van der Waals surface area contributed by atoms with Gasteiger partial charge in [0.2, 0.25) is 5.95 Å². The molecule has 0 spiro atoms. The average molecular weight is 461 g/mol. The van der Waals surface area contributed by atoms with Crippen LogP contribution in [-0.4, -0.2) is 59.8 Å². The van der Waals surface area contributed by atoms with Crippen molar-refractivity contribution in [2.24, 2.45) is 23.2 Å². The summed E-state index contributed by atoms with van der Waals surface area (Å²) in [5.41, 5.74) is -1.70. The highest BCUT2D eigenvalue weighted by Crippen LogP contribution is 2.61. The van der Waals surface area contributed by atoms with Crippen LogP contribution in [-0.2, 0) is 16.0 Å². The predicted molar refractivity (Wildman–Crippen MR) is 108 cm³/mol. The van der Waals surface area contributed by atoms with E-state index in [4.69, 9.17) is 0 Å². The Labute approximate surface area is 179 Å². The smallest absolute Gasteiger partial charge is 0.351 e. The largest absolute Gasteiger partial charge is 0.434 e. The fraction of sp³-hybridized carbons (Fsp3) is 0.750. The summed E-state index contributed by atoms with van der Waals surface area (Å²) in [6.45, 7) is 6.30. The number of carbonyl (C=O) groups excluding carboxylic acids is 1. The number of aromatic nitrogens is 2. The molecular weight excluding hydrogens is 433 g/mol. The molecule has 0 aromatic carbocycles. The Bertz CT molecular complexity index is 982. The van der Waals surface area contributed by atoms with Crippen LogP contribution >= 0.6 is 0 Å². The lowest BCUT2D eigenvalue weighted by atomic mass is 9.45. The van der Waals surface area contributed by atoms with Gasteiger partial charge in [0.25, 0.3) is 5.91 Å². The van der Waals surface area contributed by atoms with Gasteiger partial charge in [0, 0.05) is 25.3 Å². The molecule has 3 saturated carbocycles. The first-order chi connectivity index (χ1) is 14.3. The van der Waals surface area contributed by atoms with Crippen LogP contribution in [0.4, 0.5) is 19.1 Å². The van der Waals surface area contributed by atoms with Crippen LogP contribution in [0.25, 0.3) is 0 Å². The number of fused-ring (bicyclic) bond motifs is 2. The van der Waals surface area contributed by atoms with Crippen molar-refractivity contribution >= 4 is 21.7 Å². The van der Waals surface area contributed by atoms with Gasteiger partial charge in [0.15, 0.2) is 15.5 Å². The van der Waals surface area contributed by atoms with Crippen molar-refractivity contribution in [3.8, 4) is 0 Å². The molecule has 2 bridgehead atoms. The van der Waals surface area contributed by atoms with Crippen molar-refractivity contribution in [3.63, 3.8) is 0 Å². The predicted octanol–water partition coefficient (Wildman–Crippen LogP) is 2.85. The molecule has 11 heteroatoms. The SMILES string of the molecule is C[C@H]1[C@H](Nc2ncc(C(=O)N3CCS(=O)(=O)CC3)c(C(F)(F)F)n2)C[C@H]2C[C@@H]1C2(C)C. The molecule has 1 aliphatic heterocycles. The van der Waals surface area contributed by atoms with Gasteiger partial charge < -0.3 is 10.2 Å². The number of alkyl halides is 3. The second-order valence-corrected chi connectivity index (χ2v) is 11.9. The second-order valence-electron chi connectivity index (χ2n) is 9.60. The van der Waals surface area contributed by atoms with Gasteiger partial charge in [-0.15, -0.1) is 0 Å². The van der Waals surface area contributed by atoms with E-state index in [1.165, 1.54) is 0 Å². The Balaban J connectivity index is 1.55. The number of carbonyl (C=O) groups is 1. The average Bonchev–Trinajstić information content (AvgIpc) is 2.68. The third-order valence-electron chi connectivity index (χ3n) is 7.59. The van der Waals surface area contributed by atoms with Crippen molar-refractivity contribution in [3.05, 3.63) is 17.5 Å². The van der Waals surface area contributed by atoms with Gasteiger partial charge in [-0.2, -0.15) is 13.2 Å². The zero-order chi connectivity index (χ0) is 22.8. The van der Waals surface area contributed by atoms with E-state index in [0.717, 1.165) is 23.9 Å². The third-order valence-corrected chi connectivity index (χ3v) is 9.20. The number of nitrogens with one attached hydrogen (secondary N) is 1. The van der Waals surface area contributed by atoms with Crippen molar-refractivity contribution in [2.75, 3.05) is 29.9 Å². The summed E-state index contributed by atoms with van der Waals surface area (Å²) in [6.07, 6.45) is -1.95. The highest BCUT2D eigenvalue weighted by Gasteiger charge is 2.56. The topological polar surface area (TPSA) is 92.3 Å². The van der Waals surface area contributed by atoms with E-state index in [2.05, 4.69) is 36.1 Å². The summed E-state index contributed by atoms with van der Waals surface area (Å²) in [5.74, 6) is -0.275. The van der Waals surface area contributed by atoms with Crippen LogP contribution in [0, 0.1) is 23.2 Å². The molecule has 7 nitrogen and oxygen atoms in total. The third kappa shape index (κ3) is 4.01. The van der Waals surface area contributed by atoms with Crippen LogP contribution in [0.5, 0.6) is 0 Å². The van der Waals surface area contributed by atoms with Gasteiger partial charge in [0.1, 0.15) is 0 Å². The summed E-state index contributed by atoms with van der Waals surface area (Å²) < 4.78 is 64.3. The first-order valence-corrected chi connectivity index (χ1v) is 12.3. The Hall–Kier alpha value is -1.91. The monoisotopic (exact) mass is 460 g/mol. The van der Waals surface area contributed by atoms with Gasteiger partial charge in [-0.1, -0.05) is 20.8 Å². The number of nitrogens with zero attached hydrogens (tertiary/aromatic N) is 3. The number of hydrogen-bond donors (Lipinski definition) is 1. The molecule has 1 amide bonds. The van der Waals surface area contributed by atoms with E-state index in [9.17, 15) is 26.4 Å². The van der Waals surface area contributed by atoms with Gasteiger partial charge in [0.05, 0.1) is 17.1 Å².